The summed E-state index contributed by atoms with van der Waals surface area (Å²) < 4.78 is 34.0. The van der Waals surface area contributed by atoms with Gasteiger partial charge in [0.2, 0.25) is 0 Å². The fourth-order valence-electron chi connectivity index (χ4n) is 5.20. The summed E-state index contributed by atoms with van der Waals surface area (Å²) in [4.78, 5) is 38.4. The fraction of sp³-hybridized carbons (Fsp3) is 0.268. The van der Waals surface area contributed by atoms with E-state index in [1.54, 1.807) is 42.5 Å². The average Bonchev–Trinajstić information content (AvgIpc) is 3.97. The summed E-state index contributed by atoms with van der Waals surface area (Å²) >= 11 is 0. The van der Waals surface area contributed by atoms with Gasteiger partial charge in [0.15, 0.2) is 0 Å². The van der Waals surface area contributed by atoms with Gasteiger partial charge in [-0.3, -0.25) is 0 Å². The van der Waals surface area contributed by atoms with Crippen LogP contribution in [0.1, 0.15) is 11.1 Å². The Morgan fingerprint density at radius 2 is 1.21 bits per heavy atom. The number of ether oxygens (including phenoxy) is 6. The molecule has 0 aliphatic heterocycles. The Morgan fingerprint density at radius 3 is 1.69 bits per heavy atom. The number of carbonyl (C=O) groups is 3. The van der Waals surface area contributed by atoms with Crippen LogP contribution in [-0.4, -0.2) is 76.5 Å². The molecule has 5 rings (SSSR count). The normalized spacial score (nSPS) is 14.2. The second kappa shape index (κ2) is 19.5. The number of methoxy groups -OCH3 is 1. The molecule has 0 spiro atoms. The highest BCUT2D eigenvalue weighted by atomic mass is 16.6. The summed E-state index contributed by atoms with van der Waals surface area (Å²) in [6.07, 6.45) is 15.3. The molecule has 0 saturated carbocycles. The van der Waals surface area contributed by atoms with Gasteiger partial charge in [-0.05, 0) is 59.7 Å². The highest BCUT2D eigenvalue weighted by Gasteiger charge is 2.35. The van der Waals surface area contributed by atoms with E-state index in [2.05, 4.69) is 27.8 Å². The standard InChI is InChI=1S/C41H40N2O9/c1-47-38(44)37(42-39(45)51-27-35-11-3-2-4-12-35)23-31-19-21-36(22-20-31)52-40(46)43-41(28-48-24-32-13-5-6-14-32,29-49-25-33-15-7-8-16-33)30-50-26-34-17-9-10-18-34/h2-13,15,17,19-22,37H,23-30H2,1H3,(H,42,45)(H,43,46)/t37-/m0/s1. The monoisotopic (exact) mass is 704 g/mol. The van der Waals surface area contributed by atoms with Crippen LogP contribution < -0.4 is 15.4 Å². The highest BCUT2D eigenvalue weighted by Crippen LogP contribution is 2.18. The molecule has 268 valence electrons. The molecule has 0 radical (unpaired) electrons. The van der Waals surface area contributed by atoms with Crippen LogP contribution in [0.15, 0.2) is 143 Å². The molecule has 2 aromatic carbocycles. The number of hydrogen-bond acceptors (Lipinski definition) is 9. The van der Waals surface area contributed by atoms with Crippen LogP contribution in [0.3, 0.4) is 0 Å². The first-order chi connectivity index (χ1) is 25.4. The lowest BCUT2D eigenvalue weighted by Gasteiger charge is -2.33. The van der Waals surface area contributed by atoms with E-state index in [0.717, 1.165) is 22.3 Å². The maximum absolute atomic E-state index is 13.4. The molecular formula is C41H40N2O9. The number of alkyl carbamates (subject to hydrolysis) is 1. The predicted molar refractivity (Wildman–Crippen MR) is 192 cm³/mol. The summed E-state index contributed by atoms with van der Waals surface area (Å²) in [5.74, 6) is -0.393. The fourth-order valence-corrected chi connectivity index (χ4v) is 5.20. The molecule has 0 bridgehead atoms. The maximum Gasteiger partial charge on any atom is 0.413 e. The number of esters is 1. The molecule has 1 atom stereocenters. The lowest BCUT2D eigenvalue weighted by atomic mass is 10.0. The van der Waals surface area contributed by atoms with E-state index in [1.807, 2.05) is 66.8 Å². The SMILES string of the molecule is COC(=O)[C@H](Cc1ccc(OC(=O)NC(COCC2=C=CC=C2)(COCC2=C=CC=C2)COCC2=C=CC=C2)cc1)NC(=O)OCc1ccccc1. The molecule has 2 aromatic rings. The summed E-state index contributed by atoms with van der Waals surface area (Å²) in [6.45, 7) is 0.999. The van der Waals surface area contributed by atoms with Gasteiger partial charge in [0, 0.05) is 23.1 Å². The lowest BCUT2D eigenvalue weighted by Crippen LogP contribution is -2.59. The largest absolute Gasteiger partial charge is 0.467 e. The predicted octanol–water partition coefficient (Wildman–Crippen LogP) is 5.53. The molecule has 0 heterocycles. The van der Waals surface area contributed by atoms with Gasteiger partial charge in [-0.2, -0.15) is 0 Å². The van der Waals surface area contributed by atoms with Crippen LogP contribution in [0.25, 0.3) is 0 Å². The number of rotatable bonds is 20. The molecule has 0 unspecified atom stereocenters. The van der Waals surface area contributed by atoms with Crippen molar-refractivity contribution in [3.05, 3.63) is 154 Å². The lowest BCUT2D eigenvalue weighted by molar-refractivity contribution is -0.143. The smallest absolute Gasteiger partial charge is 0.413 e. The first-order valence-corrected chi connectivity index (χ1v) is 16.6. The minimum Gasteiger partial charge on any atom is -0.467 e. The van der Waals surface area contributed by atoms with Crippen molar-refractivity contribution in [2.45, 2.75) is 24.6 Å². The van der Waals surface area contributed by atoms with Gasteiger partial charge in [-0.25, -0.2) is 14.4 Å². The first kappa shape index (κ1) is 37.4. The molecular weight excluding hydrogens is 664 g/mol. The zero-order valence-electron chi connectivity index (χ0n) is 28.8. The Labute approximate surface area is 302 Å². The molecule has 11 nitrogen and oxygen atoms in total. The van der Waals surface area contributed by atoms with Crippen molar-refractivity contribution in [2.24, 2.45) is 0 Å². The Bertz CT molecular complexity index is 1760. The van der Waals surface area contributed by atoms with Crippen LogP contribution >= 0.6 is 0 Å². The van der Waals surface area contributed by atoms with Crippen LogP contribution in [-0.2, 0) is 41.5 Å². The Morgan fingerprint density at radius 1 is 0.673 bits per heavy atom. The maximum atomic E-state index is 13.4. The quantitative estimate of drug-likeness (QED) is 0.135. The third-order valence-corrected chi connectivity index (χ3v) is 7.83. The molecule has 11 heteroatoms. The van der Waals surface area contributed by atoms with Crippen LogP contribution in [0.5, 0.6) is 5.75 Å². The van der Waals surface area contributed by atoms with E-state index in [1.165, 1.54) is 7.11 Å². The van der Waals surface area contributed by atoms with Gasteiger partial charge < -0.3 is 39.1 Å². The Balaban J connectivity index is 1.22. The van der Waals surface area contributed by atoms with Gasteiger partial charge in [-0.1, -0.05) is 60.7 Å². The minimum absolute atomic E-state index is 0.0468. The van der Waals surface area contributed by atoms with E-state index in [-0.39, 0.29) is 58.4 Å². The number of allylic oxidation sites excluding steroid dienone is 3. The van der Waals surface area contributed by atoms with Gasteiger partial charge >= 0.3 is 18.2 Å². The van der Waals surface area contributed by atoms with Gasteiger partial charge in [0.05, 0.1) is 46.8 Å². The average molecular weight is 705 g/mol. The molecule has 0 fully saturated rings. The molecule has 3 aliphatic carbocycles. The summed E-state index contributed by atoms with van der Waals surface area (Å²) in [5.41, 5.74) is 12.3. The molecule has 0 saturated heterocycles. The zero-order valence-corrected chi connectivity index (χ0v) is 28.8. The van der Waals surface area contributed by atoms with Gasteiger partial charge in [0.25, 0.3) is 0 Å². The number of hydrogen-bond donors (Lipinski definition) is 2. The number of nitrogens with one attached hydrogen (secondary N) is 2. The summed E-state index contributed by atoms with van der Waals surface area (Å²) in [5, 5.41) is 5.51. The molecule has 52 heavy (non-hydrogen) atoms. The second-order valence-electron chi connectivity index (χ2n) is 12.0. The van der Waals surface area contributed by atoms with Crippen molar-refractivity contribution in [3.8, 4) is 5.75 Å². The van der Waals surface area contributed by atoms with Crippen molar-refractivity contribution >= 4 is 18.2 Å². The van der Waals surface area contributed by atoms with Crippen molar-refractivity contribution in [2.75, 3.05) is 46.8 Å². The van der Waals surface area contributed by atoms with Crippen molar-refractivity contribution in [3.63, 3.8) is 0 Å². The zero-order chi connectivity index (χ0) is 36.4. The minimum atomic E-state index is -1.14. The van der Waals surface area contributed by atoms with Crippen LogP contribution in [0, 0.1) is 0 Å². The van der Waals surface area contributed by atoms with E-state index in [0.29, 0.717) is 5.56 Å². The van der Waals surface area contributed by atoms with E-state index >= 15 is 0 Å². The Hall–Kier alpha value is -5.89. The van der Waals surface area contributed by atoms with Gasteiger partial charge in [0.1, 0.15) is 23.9 Å². The van der Waals surface area contributed by atoms with Crippen molar-refractivity contribution in [1.82, 2.24) is 10.6 Å². The Kier molecular flexibility index (Phi) is 14.0. The third-order valence-electron chi connectivity index (χ3n) is 7.83. The number of amides is 2. The van der Waals surface area contributed by atoms with Crippen LogP contribution in [0.4, 0.5) is 9.59 Å². The summed E-state index contributed by atoms with van der Waals surface area (Å²) in [7, 11) is 1.24. The molecule has 2 amide bonds. The highest BCUT2D eigenvalue weighted by molar-refractivity contribution is 5.81. The molecule has 3 aliphatic rings. The van der Waals surface area contributed by atoms with Crippen LogP contribution in [0.2, 0.25) is 0 Å². The van der Waals surface area contributed by atoms with Crippen molar-refractivity contribution < 1.29 is 42.8 Å². The second-order valence-corrected chi connectivity index (χ2v) is 12.0. The van der Waals surface area contributed by atoms with E-state index < -0.39 is 29.7 Å². The van der Waals surface area contributed by atoms with E-state index in [9.17, 15) is 14.4 Å². The first-order valence-electron chi connectivity index (χ1n) is 16.6. The molecule has 0 aromatic heterocycles. The number of benzene rings is 2. The van der Waals surface area contributed by atoms with E-state index in [4.69, 9.17) is 28.4 Å². The van der Waals surface area contributed by atoms with Crippen molar-refractivity contribution in [1.29, 1.82) is 0 Å². The number of carbonyl (C=O) groups excluding carboxylic acids is 3. The third kappa shape index (κ3) is 12.2. The van der Waals surface area contributed by atoms with Gasteiger partial charge in [-0.15, -0.1) is 17.2 Å². The molecule has 2 N–H and O–H groups in total. The summed E-state index contributed by atoms with van der Waals surface area (Å²) in [6, 6.07) is 14.7. The topological polar surface area (TPSA) is 131 Å².